The summed E-state index contributed by atoms with van der Waals surface area (Å²) >= 11 is 0. The van der Waals surface area contributed by atoms with Gasteiger partial charge in [0.2, 0.25) is 0 Å². The SMILES string of the molecule is C=C[n+]1ccccc1.Cl. The topological polar surface area (TPSA) is 3.88 Å². The van der Waals surface area contributed by atoms with Gasteiger partial charge >= 0.3 is 0 Å². The Kier molecular flexibility index (Phi) is 3.72. The minimum Gasteiger partial charge on any atom is -0.174 e. The van der Waals surface area contributed by atoms with Crippen molar-refractivity contribution in [2.24, 2.45) is 0 Å². The molecule has 0 aromatic carbocycles. The molecular formula is C7H9ClN+. The standard InChI is InChI=1S/C7H8N.ClH/c1-2-8-6-4-3-5-7-8;/h2-7H,1H2;1H/q+1;. The highest BCUT2D eigenvalue weighted by atomic mass is 35.5. The largest absolute Gasteiger partial charge is 0.174 e. The Bertz CT molecular complexity index is 172. The Morgan fingerprint density at radius 1 is 1.11 bits per heavy atom. The molecule has 0 unspecified atom stereocenters. The normalized spacial score (nSPS) is 7.56. The first-order valence-corrected chi connectivity index (χ1v) is 2.52. The van der Waals surface area contributed by atoms with Gasteiger partial charge in [0.1, 0.15) is 0 Å². The van der Waals surface area contributed by atoms with E-state index in [4.69, 9.17) is 0 Å². The van der Waals surface area contributed by atoms with Gasteiger partial charge in [0.05, 0.1) is 0 Å². The lowest BCUT2D eigenvalue weighted by molar-refractivity contribution is -0.567. The molecule has 0 amide bonds. The highest BCUT2D eigenvalue weighted by molar-refractivity contribution is 5.85. The Balaban J connectivity index is 0.000000640. The minimum absolute atomic E-state index is 0. The maximum Gasteiger partial charge on any atom is 0.174 e. The lowest BCUT2D eigenvalue weighted by Crippen LogP contribution is -2.22. The highest BCUT2D eigenvalue weighted by Gasteiger charge is 1.83. The van der Waals surface area contributed by atoms with Crippen LogP contribution in [0.2, 0.25) is 0 Å². The van der Waals surface area contributed by atoms with E-state index in [2.05, 4.69) is 6.58 Å². The summed E-state index contributed by atoms with van der Waals surface area (Å²) in [6.45, 7) is 3.59. The van der Waals surface area contributed by atoms with Gasteiger partial charge in [0.25, 0.3) is 0 Å². The van der Waals surface area contributed by atoms with E-state index in [1.165, 1.54) is 0 Å². The van der Waals surface area contributed by atoms with Crippen LogP contribution in [0.15, 0.2) is 37.2 Å². The number of aromatic nitrogens is 1. The number of hydrogen-bond donors (Lipinski definition) is 0. The van der Waals surface area contributed by atoms with Crippen LogP contribution in [0.25, 0.3) is 6.20 Å². The molecule has 0 saturated heterocycles. The van der Waals surface area contributed by atoms with Crippen LogP contribution in [-0.4, -0.2) is 0 Å². The van der Waals surface area contributed by atoms with Crippen molar-refractivity contribution in [3.8, 4) is 0 Å². The molecular weight excluding hydrogens is 134 g/mol. The van der Waals surface area contributed by atoms with Crippen LogP contribution in [0.5, 0.6) is 0 Å². The van der Waals surface area contributed by atoms with Crippen molar-refractivity contribution in [1.82, 2.24) is 0 Å². The van der Waals surface area contributed by atoms with Crippen molar-refractivity contribution in [1.29, 1.82) is 0 Å². The summed E-state index contributed by atoms with van der Waals surface area (Å²) in [6, 6.07) is 5.89. The van der Waals surface area contributed by atoms with E-state index < -0.39 is 0 Å². The first-order valence-electron chi connectivity index (χ1n) is 2.52. The van der Waals surface area contributed by atoms with E-state index in [0.29, 0.717) is 0 Å². The van der Waals surface area contributed by atoms with Gasteiger partial charge in [-0.05, 0) is 6.58 Å². The molecule has 1 aromatic heterocycles. The first-order chi connectivity index (χ1) is 3.93. The third-order valence-corrected chi connectivity index (χ3v) is 0.949. The van der Waals surface area contributed by atoms with E-state index >= 15 is 0 Å². The lowest BCUT2D eigenvalue weighted by atomic mass is 10.5. The van der Waals surface area contributed by atoms with Gasteiger partial charge in [-0.1, -0.05) is 6.07 Å². The Labute approximate surface area is 61.1 Å². The van der Waals surface area contributed by atoms with Gasteiger partial charge in [0, 0.05) is 12.1 Å². The van der Waals surface area contributed by atoms with Crippen LogP contribution < -0.4 is 4.57 Å². The number of nitrogens with zero attached hydrogens (tertiary/aromatic N) is 1. The summed E-state index contributed by atoms with van der Waals surface area (Å²) in [5, 5.41) is 0. The average Bonchev–Trinajstić information content (AvgIpc) is 1.90. The number of pyridine rings is 1. The van der Waals surface area contributed by atoms with Crippen LogP contribution in [0.1, 0.15) is 0 Å². The predicted molar refractivity (Wildman–Crippen MR) is 40.3 cm³/mol. The van der Waals surface area contributed by atoms with Gasteiger partial charge < -0.3 is 0 Å². The summed E-state index contributed by atoms with van der Waals surface area (Å²) in [5.41, 5.74) is 0. The van der Waals surface area contributed by atoms with Crippen molar-refractivity contribution in [2.75, 3.05) is 0 Å². The minimum atomic E-state index is 0. The number of halogens is 1. The second-order valence-electron chi connectivity index (χ2n) is 1.51. The Morgan fingerprint density at radius 3 is 2.00 bits per heavy atom. The zero-order valence-electron chi connectivity index (χ0n) is 5.03. The van der Waals surface area contributed by atoms with Gasteiger partial charge in [-0.3, -0.25) is 0 Å². The third kappa shape index (κ3) is 2.29. The Hall–Kier alpha value is -0.820. The summed E-state index contributed by atoms with van der Waals surface area (Å²) < 4.78 is 1.89. The molecule has 0 fully saturated rings. The maximum absolute atomic E-state index is 3.59. The van der Waals surface area contributed by atoms with Crippen molar-refractivity contribution < 1.29 is 4.57 Å². The van der Waals surface area contributed by atoms with Crippen LogP contribution in [0.3, 0.4) is 0 Å². The van der Waals surface area contributed by atoms with Gasteiger partial charge in [-0.15, -0.1) is 12.4 Å². The average molecular weight is 143 g/mol. The molecule has 9 heavy (non-hydrogen) atoms. The molecule has 0 N–H and O–H groups in total. The van der Waals surface area contributed by atoms with Crippen molar-refractivity contribution in [3.05, 3.63) is 37.2 Å². The molecule has 0 saturated carbocycles. The van der Waals surface area contributed by atoms with Gasteiger partial charge in [-0.2, -0.15) is 4.57 Å². The molecule has 1 heterocycles. The van der Waals surface area contributed by atoms with Gasteiger partial charge in [-0.25, -0.2) is 0 Å². The molecule has 0 bridgehead atoms. The molecule has 0 aliphatic heterocycles. The van der Waals surface area contributed by atoms with Crippen molar-refractivity contribution in [3.63, 3.8) is 0 Å². The summed E-state index contributed by atoms with van der Waals surface area (Å²) in [4.78, 5) is 0. The zero-order valence-corrected chi connectivity index (χ0v) is 5.84. The second-order valence-corrected chi connectivity index (χ2v) is 1.51. The van der Waals surface area contributed by atoms with E-state index in [0.717, 1.165) is 0 Å². The molecule has 2 heteroatoms. The lowest BCUT2D eigenvalue weighted by Gasteiger charge is -1.79. The summed E-state index contributed by atoms with van der Waals surface area (Å²) in [7, 11) is 0. The number of hydrogen-bond acceptors (Lipinski definition) is 0. The molecule has 0 radical (unpaired) electrons. The zero-order chi connectivity index (χ0) is 5.82. The fourth-order valence-corrected chi connectivity index (χ4v) is 0.534. The molecule has 0 spiro atoms. The molecule has 1 nitrogen and oxygen atoms in total. The maximum atomic E-state index is 3.59. The molecule has 0 aliphatic rings. The molecule has 1 rings (SSSR count). The molecule has 48 valence electrons. The van der Waals surface area contributed by atoms with E-state index in [9.17, 15) is 0 Å². The van der Waals surface area contributed by atoms with Crippen molar-refractivity contribution >= 4 is 18.6 Å². The van der Waals surface area contributed by atoms with Crippen molar-refractivity contribution in [2.45, 2.75) is 0 Å². The molecule has 1 aromatic rings. The van der Waals surface area contributed by atoms with Crippen LogP contribution in [0, 0.1) is 0 Å². The molecule has 0 aliphatic carbocycles. The number of rotatable bonds is 1. The quantitative estimate of drug-likeness (QED) is 0.524. The smallest absolute Gasteiger partial charge is 0.174 e. The molecule has 0 atom stereocenters. The van der Waals surface area contributed by atoms with Crippen LogP contribution in [0.4, 0.5) is 0 Å². The van der Waals surface area contributed by atoms with E-state index in [1.54, 1.807) is 6.20 Å². The third-order valence-electron chi connectivity index (χ3n) is 0.949. The van der Waals surface area contributed by atoms with Crippen LogP contribution >= 0.6 is 12.4 Å². The fraction of sp³-hybridized carbons (Fsp3) is 0. The highest BCUT2D eigenvalue weighted by Crippen LogP contribution is 1.74. The fourth-order valence-electron chi connectivity index (χ4n) is 0.534. The van der Waals surface area contributed by atoms with E-state index in [1.807, 2.05) is 35.2 Å². The van der Waals surface area contributed by atoms with Crippen LogP contribution in [-0.2, 0) is 0 Å². The second kappa shape index (κ2) is 4.10. The first kappa shape index (κ1) is 8.18. The van der Waals surface area contributed by atoms with Gasteiger partial charge in [0.15, 0.2) is 18.6 Å². The monoisotopic (exact) mass is 142 g/mol. The predicted octanol–water partition coefficient (Wildman–Crippen LogP) is 1.50. The summed E-state index contributed by atoms with van der Waals surface area (Å²) in [5.74, 6) is 0. The Morgan fingerprint density at radius 2 is 1.67 bits per heavy atom. The summed E-state index contributed by atoms with van der Waals surface area (Å²) in [6.07, 6.45) is 5.62. The van der Waals surface area contributed by atoms with E-state index in [-0.39, 0.29) is 12.4 Å².